The lowest BCUT2D eigenvalue weighted by molar-refractivity contribution is 0.674. The van der Waals surface area contributed by atoms with E-state index in [2.05, 4.69) is 49.3 Å². The molecule has 26 heavy (non-hydrogen) atoms. The standard InChI is InChI=1S/C21H15Br2N3/c22-17-12-11-16(13-18(17)23)21-25-19(14-7-3-1-4-8-14)24-20(26-21)15-9-5-2-6-10-15/h1-13,19H,(H,24,25,26). The van der Waals surface area contributed by atoms with Crippen LogP contribution >= 0.6 is 31.9 Å². The van der Waals surface area contributed by atoms with Crippen LogP contribution in [0.25, 0.3) is 0 Å². The van der Waals surface area contributed by atoms with Crippen LogP contribution in [0.3, 0.4) is 0 Å². The van der Waals surface area contributed by atoms with Gasteiger partial charge in [0.1, 0.15) is 12.0 Å². The number of benzene rings is 3. The molecule has 0 radical (unpaired) electrons. The fourth-order valence-electron chi connectivity index (χ4n) is 2.76. The van der Waals surface area contributed by atoms with E-state index in [1.54, 1.807) is 0 Å². The van der Waals surface area contributed by atoms with Gasteiger partial charge < -0.3 is 5.32 Å². The lowest BCUT2D eigenvalue weighted by Gasteiger charge is -2.23. The Labute approximate surface area is 169 Å². The van der Waals surface area contributed by atoms with Crippen molar-refractivity contribution in [3.63, 3.8) is 0 Å². The molecule has 5 heteroatoms. The van der Waals surface area contributed by atoms with E-state index in [1.807, 2.05) is 66.7 Å². The Morgan fingerprint density at radius 1 is 0.731 bits per heavy atom. The molecule has 0 saturated carbocycles. The lowest BCUT2D eigenvalue weighted by atomic mass is 10.1. The number of hydrogen-bond acceptors (Lipinski definition) is 3. The molecule has 0 aliphatic carbocycles. The zero-order chi connectivity index (χ0) is 17.9. The summed E-state index contributed by atoms with van der Waals surface area (Å²) in [5.41, 5.74) is 3.11. The molecule has 1 N–H and O–H groups in total. The Bertz CT molecular complexity index is 983. The summed E-state index contributed by atoms with van der Waals surface area (Å²) in [7, 11) is 0. The molecule has 0 amide bonds. The van der Waals surface area contributed by atoms with Gasteiger partial charge in [0.25, 0.3) is 0 Å². The van der Waals surface area contributed by atoms with Crippen molar-refractivity contribution in [1.29, 1.82) is 0 Å². The first-order valence-corrected chi connectivity index (χ1v) is 9.78. The van der Waals surface area contributed by atoms with Crippen LogP contribution in [0.1, 0.15) is 22.9 Å². The van der Waals surface area contributed by atoms with Crippen molar-refractivity contribution in [2.45, 2.75) is 6.17 Å². The SMILES string of the molecule is Brc1ccc(C2=NC(c3ccccc3)=NC(c3ccccc3)N2)cc1Br. The van der Waals surface area contributed by atoms with Gasteiger partial charge in [0.15, 0.2) is 5.84 Å². The van der Waals surface area contributed by atoms with Crippen molar-refractivity contribution in [3.8, 4) is 0 Å². The summed E-state index contributed by atoms with van der Waals surface area (Å²) in [5, 5.41) is 3.46. The maximum absolute atomic E-state index is 4.84. The van der Waals surface area contributed by atoms with Gasteiger partial charge >= 0.3 is 0 Å². The van der Waals surface area contributed by atoms with Gasteiger partial charge in [0, 0.05) is 20.1 Å². The first-order valence-electron chi connectivity index (χ1n) is 8.19. The second kappa shape index (κ2) is 7.56. The molecule has 3 nitrogen and oxygen atoms in total. The second-order valence-corrected chi connectivity index (χ2v) is 7.57. The average Bonchev–Trinajstić information content (AvgIpc) is 2.71. The number of amidine groups is 2. The maximum Gasteiger partial charge on any atom is 0.159 e. The first-order chi connectivity index (χ1) is 12.7. The summed E-state index contributed by atoms with van der Waals surface area (Å²) >= 11 is 7.09. The van der Waals surface area contributed by atoms with Crippen LogP contribution in [-0.2, 0) is 0 Å². The highest BCUT2D eigenvalue weighted by atomic mass is 79.9. The summed E-state index contributed by atoms with van der Waals surface area (Å²) in [6.07, 6.45) is -0.179. The quantitative estimate of drug-likeness (QED) is 0.525. The largest absolute Gasteiger partial charge is 0.344 e. The Morgan fingerprint density at radius 3 is 2.12 bits per heavy atom. The molecular weight excluding hydrogens is 454 g/mol. The summed E-state index contributed by atoms with van der Waals surface area (Å²) < 4.78 is 1.99. The van der Waals surface area contributed by atoms with Crippen LogP contribution in [0.5, 0.6) is 0 Å². The van der Waals surface area contributed by atoms with E-state index in [-0.39, 0.29) is 6.17 Å². The fraction of sp³-hybridized carbons (Fsp3) is 0.0476. The Kier molecular flexibility index (Phi) is 5.00. The van der Waals surface area contributed by atoms with Crippen LogP contribution in [0.2, 0.25) is 0 Å². The molecule has 3 aromatic rings. The molecule has 1 aliphatic rings. The van der Waals surface area contributed by atoms with Crippen molar-refractivity contribution in [2.75, 3.05) is 0 Å². The number of nitrogens with zero attached hydrogens (tertiary/aromatic N) is 2. The molecule has 3 aromatic carbocycles. The number of halogens is 2. The van der Waals surface area contributed by atoms with Crippen molar-refractivity contribution >= 4 is 43.5 Å². The highest BCUT2D eigenvalue weighted by Crippen LogP contribution is 2.26. The van der Waals surface area contributed by atoms with E-state index in [9.17, 15) is 0 Å². The van der Waals surface area contributed by atoms with Gasteiger partial charge in [-0.3, -0.25) is 0 Å². The van der Waals surface area contributed by atoms with E-state index in [1.165, 1.54) is 0 Å². The summed E-state index contributed by atoms with van der Waals surface area (Å²) in [5.74, 6) is 1.54. The number of aliphatic imine (C=N–C) groups is 2. The van der Waals surface area contributed by atoms with Gasteiger partial charge in [0.2, 0.25) is 0 Å². The predicted molar refractivity (Wildman–Crippen MR) is 114 cm³/mol. The molecule has 1 unspecified atom stereocenters. The molecule has 1 aliphatic heterocycles. The van der Waals surface area contributed by atoms with Crippen LogP contribution < -0.4 is 5.32 Å². The molecule has 1 atom stereocenters. The Balaban J connectivity index is 1.79. The van der Waals surface area contributed by atoms with E-state index < -0.39 is 0 Å². The minimum Gasteiger partial charge on any atom is -0.344 e. The maximum atomic E-state index is 4.84. The zero-order valence-corrected chi connectivity index (χ0v) is 16.9. The van der Waals surface area contributed by atoms with Crippen LogP contribution in [0, 0.1) is 0 Å². The third-order valence-electron chi connectivity index (χ3n) is 4.08. The third-order valence-corrected chi connectivity index (χ3v) is 5.96. The molecule has 4 rings (SSSR count). The highest BCUT2D eigenvalue weighted by molar-refractivity contribution is 9.13. The van der Waals surface area contributed by atoms with Crippen LogP contribution in [0.4, 0.5) is 0 Å². The highest BCUT2D eigenvalue weighted by Gasteiger charge is 2.21. The summed E-state index contributed by atoms with van der Waals surface area (Å²) in [6, 6.07) is 26.4. The number of rotatable bonds is 3. The summed E-state index contributed by atoms with van der Waals surface area (Å²) in [6.45, 7) is 0. The molecule has 0 fully saturated rings. The first kappa shape index (κ1) is 17.2. The molecule has 0 aromatic heterocycles. The second-order valence-electron chi connectivity index (χ2n) is 5.87. The monoisotopic (exact) mass is 467 g/mol. The zero-order valence-electron chi connectivity index (χ0n) is 13.7. The molecule has 128 valence electrons. The van der Waals surface area contributed by atoms with Gasteiger partial charge in [-0.25, -0.2) is 9.98 Å². The van der Waals surface area contributed by atoms with Crippen molar-refractivity contribution in [2.24, 2.45) is 9.98 Å². The Morgan fingerprint density at radius 2 is 1.42 bits per heavy atom. The van der Waals surface area contributed by atoms with E-state index >= 15 is 0 Å². The lowest BCUT2D eigenvalue weighted by Crippen LogP contribution is -2.33. The van der Waals surface area contributed by atoms with Gasteiger partial charge in [-0.2, -0.15) is 0 Å². The van der Waals surface area contributed by atoms with Crippen molar-refractivity contribution in [3.05, 3.63) is 104 Å². The topological polar surface area (TPSA) is 36.8 Å². The molecule has 0 saturated heterocycles. The van der Waals surface area contributed by atoms with E-state index in [4.69, 9.17) is 9.98 Å². The smallest absolute Gasteiger partial charge is 0.159 e. The minimum absolute atomic E-state index is 0.179. The van der Waals surface area contributed by atoms with Gasteiger partial charge in [-0.05, 0) is 49.6 Å². The van der Waals surface area contributed by atoms with E-state index in [0.717, 1.165) is 37.3 Å². The minimum atomic E-state index is -0.179. The normalized spacial score (nSPS) is 16.5. The van der Waals surface area contributed by atoms with E-state index in [0.29, 0.717) is 0 Å². The molecular formula is C21H15Br2N3. The van der Waals surface area contributed by atoms with Crippen LogP contribution in [0.15, 0.2) is 97.8 Å². The van der Waals surface area contributed by atoms with Crippen molar-refractivity contribution < 1.29 is 0 Å². The van der Waals surface area contributed by atoms with Gasteiger partial charge in [-0.15, -0.1) is 0 Å². The van der Waals surface area contributed by atoms with Crippen molar-refractivity contribution in [1.82, 2.24) is 5.32 Å². The van der Waals surface area contributed by atoms with Crippen LogP contribution in [-0.4, -0.2) is 11.7 Å². The molecule has 0 spiro atoms. The fourth-order valence-corrected chi connectivity index (χ4v) is 3.39. The molecule has 1 heterocycles. The third kappa shape index (κ3) is 3.64. The van der Waals surface area contributed by atoms with Gasteiger partial charge in [-0.1, -0.05) is 66.7 Å². The molecule has 0 bridgehead atoms. The predicted octanol–water partition coefficient (Wildman–Crippen LogP) is 5.71. The van der Waals surface area contributed by atoms with Gasteiger partial charge in [0.05, 0.1) is 0 Å². The summed E-state index contributed by atoms with van der Waals surface area (Å²) in [4.78, 5) is 9.62. The Hall–Kier alpha value is -2.24. The average molecular weight is 469 g/mol. The number of nitrogens with one attached hydrogen (secondary N) is 1. The number of hydrogen-bond donors (Lipinski definition) is 1.